The molecule has 4 nitrogen and oxygen atoms in total. The van der Waals surface area contributed by atoms with Gasteiger partial charge in [-0.3, -0.25) is 4.79 Å². The third-order valence-corrected chi connectivity index (χ3v) is 4.76. The molecule has 3 rings (SSSR count). The molecule has 1 atom stereocenters. The van der Waals surface area contributed by atoms with Crippen LogP contribution in [0.4, 0.5) is 5.69 Å². The number of carbonyl (C=O) groups is 1. The standard InChI is InChI=1S/C18H26N2O2/c1-2-15-7-3-4-8-16(15)19-10-12-20(13-11-19)18(21)17-9-5-6-14-22-17/h3-4,7-8,17H,2,5-6,9-14H2,1H3. The van der Waals surface area contributed by atoms with Crippen LogP contribution in [0, 0.1) is 0 Å². The SMILES string of the molecule is CCc1ccccc1N1CCN(C(=O)C2CCCCO2)CC1. The van der Waals surface area contributed by atoms with Crippen molar-refractivity contribution >= 4 is 11.6 Å². The topological polar surface area (TPSA) is 32.8 Å². The minimum Gasteiger partial charge on any atom is -0.368 e. The summed E-state index contributed by atoms with van der Waals surface area (Å²) in [6, 6.07) is 8.59. The van der Waals surface area contributed by atoms with Gasteiger partial charge in [0.25, 0.3) is 5.91 Å². The van der Waals surface area contributed by atoms with Crippen molar-refractivity contribution in [3.63, 3.8) is 0 Å². The van der Waals surface area contributed by atoms with Gasteiger partial charge in [0.2, 0.25) is 0 Å². The highest BCUT2D eigenvalue weighted by Crippen LogP contribution is 2.23. The molecule has 0 N–H and O–H groups in total. The van der Waals surface area contributed by atoms with E-state index < -0.39 is 0 Å². The first-order chi connectivity index (χ1) is 10.8. The summed E-state index contributed by atoms with van der Waals surface area (Å²) in [4.78, 5) is 16.9. The lowest BCUT2D eigenvalue weighted by Gasteiger charge is -2.38. The van der Waals surface area contributed by atoms with E-state index in [0.717, 1.165) is 58.5 Å². The molecule has 0 saturated carbocycles. The van der Waals surface area contributed by atoms with Crippen molar-refractivity contribution in [2.45, 2.75) is 38.7 Å². The Morgan fingerprint density at radius 1 is 1.18 bits per heavy atom. The number of para-hydroxylation sites is 1. The Hall–Kier alpha value is -1.55. The van der Waals surface area contributed by atoms with Crippen molar-refractivity contribution in [1.82, 2.24) is 4.90 Å². The Bertz CT molecular complexity index is 504. The minimum absolute atomic E-state index is 0.191. The Morgan fingerprint density at radius 2 is 1.95 bits per heavy atom. The molecule has 2 aliphatic heterocycles. The molecule has 1 amide bonds. The van der Waals surface area contributed by atoms with Crippen LogP contribution < -0.4 is 4.90 Å². The number of hydrogen-bond donors (Lipinski definition) is 0. The van der Waals surface area contributed by atoms with E-state index in [1.54, 1.807) is 0 Å². The number of benzene rings is 1. The molecule has 2 saturated heterocycles. The molecular formula is C18H26N2O2. The molecule has 1 aromatic rings. The van der Waals surface area contributed by atoms with E-state index in [1.807, 2.05) is 4.90 Å². The molecule has 4 heteroatoms. The summed E-state index contributed by atoms with van der Waals surface area (Å²) >= 11 is 0. The van der Waals surface area contributed by atoms with Crippen molar-refractivity contribution in [1.29, 1.82) is 0 Å². The molecule has 120 valence electrons. The maximum atomic E-state index is 12.5. The summed E-state index contributed by atoms with van der Waals surface area (Å²) in [5.74, 6) is 0.197. The first-order valence-corrected chi connectivity index (χ1v) is 8.53. The van der Waals surface area contributed by atoms with Crippen LogP contribution in [0.1, 0.15) is 31.7 Å². The molecule has 22 heavy (non-hydrogen) atoms. The lowest BCUT2D eigenvalue weighted by molar-refractivity contribution is -0.146. The van der Waals surface area contributed by atoms with Crippen molar-refractivity contribution in [2.24, 2.45) is 0 Å². The second-order valence-electron chi connectivity index (χ2n) is 6.15. The summed E-state index contributed by atoms with van der Waals surface area (Å²) in [5.41, 5.74) is 2.71. The maximum Gasteiger partial charge on any atom is 0.251 e. The fourth-order valence-electron chi connectivity index (χ4n) is 3.43. The Morgan fingerprint density at radius 3 is 2.64 bits per heavy atom. The molecule has 2 heterocycles. The van der Waals surface area contributed by atoms with Crippen molar-refractivity contribution < 1.29 is 9.53 Å². The number of amides is 1. The highest BCUT2D eigenvalue weighted by molar-refractivity contribution is 5.81. The highest BCUT2D eigenvalue weighted by Gasteiger charge is 2.29. The van der Waals surface area contributed by atoms with Gasteiger partial charge in [-0.15, -0.1) is 0 Å². The molecular weight excluding hydrogens is 276 g/mol. The number of aryl methyl sites for hydroxylation is 1. The smallest absolute Gasteiger partial charge is 0.251 e. The number of rotatable bonds is 3. The van der Waals surface area contributed by atoms with Crippen LogP contribution in [0.3, 0.4) is 0 Å². The number of hydrogen-bond acceptors (Lipinski definition) is 3. The Kier molecular flexibility index (Phi) is 4.98. The van der Waals surface area contributed by atoms with Crippen molar-refractivity contribution in [3.05, 3.63) is 29.8 Å². The molecule has 0 aliphatic carbocycles. The molecule has 0 bridgehead atoms. The molecule has 2 fully saturated rings. The Balaban J connectivity index is 1.59. The van der Waals surface area contributed by atoms with Crippen LogP contribution in [0.25, 0.3) is 0 Å². The van der Waals surface area contributed by atoms with Gasteiger partial charge >= 0.3 is 0 Å². The van der Waals surface area contributed by atoms with Gasteiger partial charge in [0.05, 0.1) is 0 Å². The lowest BCUT2D eigenvalue weighted by Crippen LogP contribution is -2.52. The fourth-order valence-corrected chi connectivity index (χ4v) is 3.43. The van der Waals surface area contributed by atoms with E-state index in [1.165, 1.54) is 11.3 Å². The highest BCUT2D eigenvalue weighted by atomic mass is 16.5. The third kappa shape index (κ3) is 3.27. The number of piperazine rings is 1. The molecule has 1 aromatic carbocycles. The number of ether oxygens (including phenoxy) is 1. The van der Waals surface area contributed by atoms with Gasteiger partial charge in [0.1, 0.15) is 6.10 Å². The normalized spacial score (nSPS) is 22.7. The van der Waals surface area contributed by atoms with Crippen LogP contribution in [0.15, 0.2) is 24.3 Å². The zero-order chi connectivity index (χ0) is 15.4. The number of nitrogens with zero attached hydrogens (tertiary/aromatic N) is 2. The Labute approximate surface area is 133 Å². The maximum absolute atomic E-state index is 12.5. The molecule has 0 spiro atoms. The predicted octanol–water partition coefficient (Wildman–Crippen LogP) is 2.47. The van der Waals surface area contributed by atoms with E-state index in [0.29, 0.717) is 0 Å². The first-order valence-electron chi connectivity index (χ1n) is 8.53. The van der Waals surface area contributed by atoms with Crippen molar-refractivity contribution in [3.8, 4) is 0 Å². The molecule has 2 aliphatic rings. The molecule has 0 aromatic heterocycles. The van der Waals surface area contributed by atoms with E-state index in [9.17, 15) is 4.79 Å². The van der Waals surface area contributed by atoms with Gasteiger partial charge in [-0.1, -0.05) is 25.1 Å². The van der Waals surface area contributed by atoms with Crippen LogP contribution in [0.2, 0.25) is 0 Å². The third-order valence-electron chi connectivity index (χ3n) is 4.76. The van der Waals surface area contributed by atoms with E-state index in [-0.39, 0.29) is 12.0 Å². The van der Waals surface area contributed by atoms with Gasteiger partial charge in [-0.25, -0.2) is 0 Å². The van der Waals surface area contributed by atoms with Crippen LogP contribution in [0.5, 0.6) is 0 Å². The van der Waals surface area contributed by atoms with Gasteiger partial charge in [-0.05, 0) is 37.3 Å². The quantitative estimate of drug-likeness (QED) is 0.860. The van der Waals surface area contributed by atoms with Crippen LogP contribution in [-0.2, 0) is 16.0 Å². The average molecular weight is 302 g/mol. The summed E-state index contributed by atoms with van der Waals surface area (Å²) in [5, 5.41) is 0. The van der Waals surface area contributed by atoms with Gasteiger partial charge in [0.15, 0.2) is 0 Å². The van der Waals surface area contributed by atoms with Crippen LogP contribution >= 0.6 is 0 Å². The molecule has 0 radical (unpaired) electrons. The van der Waals surface area contributed by atoms with Gasteiger partial charge in [-0.2, -0.15) is 0 Å². The second-order valence-corrected chi connectivity index (χ2v) is 6.15. The summed E-state index contributed by atoms with van der Waals surface area (Å²) in [6.07, 6.45) is 3.94. The lowest BCUT2D eigenvalue weighted by atomic mass is 10.1. The summed E-state index contributed by atoms with van der Waals surface area (Å²) < 4.78 is 5.64. The minimum atomic E-state index is -0.191. The monoisotopic (exact) mass is 302 g/mol. The first kappa shape index (κ1) is 15.3. The predicted molar refractivity (Wildman–Crippen MR) is 88.2 cm³/mol. The number of anilines is 1. The fraction of sp³-hybridized carbons (Fsp3) is 0.611. The van der Waals surface area contributed by atoms with E-state index >= 15 is 0 Å². The second kappa shape index (κ2) is 7.14. The zero-order valence-electron chi connectivity index (χ0n) is 13.5. The van der Waals surface area contributed by atoms with Crippen molar-refractivity contribution in [2.75, 3.05) is 37.7 Å². The average Bonchev–Trinajstić information content (AvgIpc) is 2.62. The van der Waals surface area contributed by atoms with Gasteiger partial charge < -0.3 is 14.5 Å². The largest absolute Gasteiger partial charge is 0.368 e. The molecule has 1 unspecified atom stereocenters. The van der Waals surface area contributed by atoms with Gasteiger partial charge in [0, 0.05) is 38.5 Å². The van der Waals surface area contributed by atoms with E-state index in [4.69, 9.17) is 4.74 Å². The summed E-state index contributed by atoms with van der Waals surface area (Å²) in [6.45, 7) is 6.36. The zero-order valence-corrected chi connectivity index (χ0v) is 13.5. The van der Waals surface area contributed by atoms with Crippen LogP contribution in [-0.4, -0.2) is 49.7 Å². The summed E-state index contributed by atoms with van der Waals surface area (Å²) in [7, 11) is 0. The number of carbonyl (C=O) groups excluding carboxylic acids is 1. The van der Waals surface area contributed by atoms with E-state index in [2.05, 4.69) is 36.1 Å².